The molecule has 1 saturated heterocycles. The first kappa shape index (κ1) is 17.5. The topological polar surface area (TPSA) is 61.0 Å². The van der Waals surface area contributed by atoms with Crippen LogP contribution in [0, 0.1) is 12.8 Å². The third-order valence-electron chi connectivity index (χ3n) is 5.76. The van der Waals surface area contributed by atoms with Crippen molar-refractivity contribution in [2.24, 2.45) is 5.92 Å². The van der Waals surface area contributed by atoms with E-state index in [0.29, 0.717) is 5.69 Å². The van der Waals surface area contributed by atoms with Gasteiger partial charge in [-0.3, -0.25) is 9.89 Å². The van der Waals surface area contributed by atoms with Crippen molar-refractivity contribution in [2.75, 3.05) is 19.6 Å². The molecular weight excluding hydrogens is 300 g/mol. The predicted molar refractivity (Wildman–Crippen MR) is 96.2 cm³/mol. The summed E-state index contributed by atoms with van der Waals surface area (Å²) in [6, 6.07) is 0.260. The molecule has 3 rings (SSSR count). The molecule has 2 heterocycles. The molecule has 1 aromatic rings. The van der Waals surface area contributed by atoms with Gasteiger partial charge in [0.2, 0.25) is 0 Å². The van der Waals surface area contributed by atoms with Crippen molar-refractivity contribution in [3.05, 3.63) is 17.0 Å². The van der Waals surface area contributed by atoms with Crippen molar-refractivity contribution in [2.45, 2.75) is 71.3 Å². The second-order valence-electron chi connectivity index (χ2n) is 7.61. The lowest BCUT2D eigenvalue weighted by Gasteiger charge is -2.36. The minimum absolute atomic E-state index is 0.0204. The van der Waals surface area contributed by atoms with E-state index in [0.717, 1.165) is 36.6 Å². The van der Waals surface area contributed by atoms with E-state index in [9.17, 15) is 4.79 Å². The molecule has 0 spiro atoms. The van der Waals surface area contributed by atoms with Gasteiger partial charge in [-0.05, 0) is 51.5 Å². The van der Waals surface area contributed by atoms with Gasteiger partial charge in [-0.15, -0.1) is 0 Å². The molecule has 24 heavy (non-hydrogen) atoms. The molecule has 2 N–H and O–H groups in total. The molecule has 2 aliphatic rings. The number of aromatic amines is 1. The summed E-state index contributed by atoms with van der Waals surface area (Å²) in [5.74, 6) is 0.849. The van der Waals surface area contributed by atoms with E-state index in [-0.39, 0.29) is 11.9 Å². The van der Waals surface area contributed by atoms with Crippen LogP contribution < -0.4 is 5.32 Å². The van der Waals surface area contributed by atoms with Gasteiger partial charge in [-0.25, -0.2) is 0 Å². The van der Waals surface area contributed by atoms with Crippen LogP contribution in [0.1, 0.15) is 73.6 Å². The number of aromatic nitrogens is 2. The van der Waals surface area contributed by atoms with Gasteiger partial charge in [0.15, 0.2) is 5.69 Å². The van der Waals surface area contributed by atoms with Gasteiger partial charge in [-0.2, -0.15) is 5.10 Å². The number of hydrogen-bond donors (Lipinski definition) is 2. The molecule has 1 atom stereocenters. The van der Waals surface area contributed by atoms with Crippen LogP contribution in [0.3, 0.4) is 0 Å². The molecule has 1 aliphatic heterocycles. The van der Waals surface area contributed by atoms with E-state index in [2.05, 4.69) is 27.3 Å². The first-order valence-corrected chi connectivity index (χ1v) is 9.74. The fraction of sp³-hybridized carbons (Fsp3) is 0.789. The molecule has 134 valence electrons. The van der Waals surface area contributed by atoms with Gasteiger partial charge in [0.05, 0.1) is 0 Å². The van der Waals surface area contributed by atoms with Crippen LogP contribution in [-0.4, -0.2) is 46.7 Å². The van der Waals surface area contributed by atoms with E-state index < -0.39 is 0 Å². The summed E-state index contributed by atoms with van der Waals surface area (Å²) in [6.07, 6.45) is 10.1. The number of amides is 1. The number of hydrogen-bond acceptors (Lipinski definition) is 3. The first-order chi connectivity index (χ1) is 11.7. The summed E-state index contributed by atoms with van der Waals surface area (Å²) < 4.78 is 0. The Labute approximate surface area is 145 Å². The van der Waals surface area contributed by atoms with Gasteiger partial charge in [0.1, 0.15) is 0 Å². The van der Waals surface area contributed by atoms with E-state index in [1.54, 1.807) is 0 Å². The molecule has 2 fully saturated rings. The molecule has 5 nitrogen and oxygen atoms in total. The maximum absolute atomic E-state index is 12.5. The summed E-state index contributed by atoms with van der Waals surface area (Å²) in [5, 5.41) is 10.4. The van der Waals surface area contributed by atoms with Crippen LogP contribution in [0.15, 0.2) is 0 Å². The number of rotatable bonds is 5. The average molecular weight is 332 g/mol. The smallest absolute Gasteiger partial charge is 0.272 e. The minimum atomic E-state index is -0.0204. The lowest BCUT2D eigenvalue weighted by molar-refractivity contribution is 0.0884. The third kappa shape index (κ3) is 4.18. The van der Waals surface area contributed by atoms with Gasteiger partial charge in [0.25, 0.3) is 5.91 Å². The number of likely N-dealkylation sites (tertiary alicyclic amines) is 1. The SMILES string of the molecule is CCc1[nH]nc(C(=O)NC2CCCN(CC3CCCCC3)C2)c1C. The van der Waals surface area contributed by atoms with Crippen molar-refractivity contribution in [3.8, 4) is 0 Å². The molecule has 0 aromatic carbocycles. The zero-order valence-electron chi connectivity index (χ0n) is 15.2. The summed E-state index contributed by atoms with van der Waals surface area (Å²) in [5.41, 5.74) is 2.61. The van der Waals surface area contributed by atoms with E-state index in [4.69, 9.17) is 0 Å². The van der Waals surface area contributed by atoms with Crippen molar-refractivity contribution >= 4 is 5.91 Å². The summed E-state index contributed by atoms with van der Waals surface area (Å²) in [6.45, 7) is 7.45. The quantitative estimate of drug-likeness (QED) is 0.871. The number of carbonyl (C=O) groups is 1. The minimum Gasteiger partial charge on any atom is -0.347 e. The maximum atomic E-state index is 12.5. The fourth-order valence-electron chi connectivity index (χ4n) is 4.33. The average Bonchev–Trinajstić information content (AvgIpc) is 2.97. The summed E-state index contributed by atoms with van der Waals surface area (Å²) >= 11 is 0. The first-order valence-electron chi connectivity index (χ1n) is 9.74. The Bertz CT molecular complexity index is 548. The molecule has 0 radical (unpaired) electrons. The highest BCUT2D eigenvalue weighted by Crippen LogP contribution is 2.25. The molecule has 1 saturated carbocycles. The molecule has 1 aliphatic carbocycles. The number of carbonyl (C=O) groups excluding carboxylic acids is 1. The number of nitrogens with one attached hydrogen (secondary N) is 2. The second kappa shape index (κ2) is 8.15. The van der Waals surface area contributed by atoms with Crippen molar-refractivity contribution in [1.82, 2.24) is 20.4 Å². The number of piperidine rings is 1. The zero-order chi connectivity index (χ0) is 16.9. The fourth-order valence-corrected chi connectivity index (χ4v) is 4.33. The summed E-state index contributed by atoms with van der Waals surface area (Å²) in [4.78, 5) is 15.1. The predicted octanol–water partition coefficient (Wildman–Crippen LogP) is 3.06. The Morgan fingerprint density at radius 3 is 2.75 bits per heavy atom. The molecular formula is C19H32N4O. The zero-order valence-corrected chi connectivity index (χ0v) is 15.2. The van der Waals surface area contributed by atoms with E-state index >= 15 is 0 Å². The van der Waals surface area contributed by atoms with Gasteiger partial charge >= 0.3 is 0 Å². The highest BCUT2D eigenvalue weighted by atomic mass is 16.2. The van der Waals surface area contributed by atoms with Crippen LogP contribution in [0.2, 0.25) is 0 Å². The van der Waals surface area contributed by atoms with Crippen molar-refractivity contribution in [3.63, 3.8) is 0 Å². The standard InChI is InChI=1S/C19H32N4O/c1-3-17-14(2)18(22-21-17)19(24)20-16-10-7-11-23(13-16)12-15-8-5-4-6-9-15/h15-16H,3-13H2,1-2H3,(H,20,24)(H,21,22). The van der Waals surface area contributed by atoms with E-state index in [1.165, 1.54) is 51.6 Å². The maximum Gasteiger partial charge on any atom is 0.272 e. The van der Waals surface area contributed by atoms with Crippen LogP contribution in [0.25, 0.3) is 0 Å². The molecule has 1 aromatic heterocycles. The molecule has 1 unspecified atom stereocenters. The second-order valence-corrected chi connectivity index (χ2v) is 7.61. The third-order valence-corrected chi connectivity index (χ3v) is 5.76. The lowest BCUT2D eigenvalue weighted by atomic mass is 9.88. The van der Waals surface area contributed by atoms with Crippen molar-refractivity contribution in [1.29, 1.82) is 0 Å². The lowest BCUT2D eigenvalue weighted by Crippen LogP contribution is -2.49. The highest BCUT2D eigenvalue weighted by molar-refractivity contribution is 5.94. The summed E-state index contributed by atoms with van der Waals surface area (Å²) in [7, 11) is 0. The number of H-pyrrole nitrogens is 1. The molecule has 5 heteroatoms. The highest BCUT2D eigenvalue weighted by Gasteiger charge is 2.26. The van der Waals surface area contributed by atoms with Crippen LogP contribution in [0.4, 0.5) is 0 Å². The Morgan fingerprint density at radius 1 is 1.25 bits per heavy atom. The van der Waals surface area contributed by atoms with Gasteiger partial charge < -0.3 is 10.2 Å². The Kier molecular flexibility index (Phi) is 5.93. The van der Waals surface area contributed by atoms with Crippen LogP contribution >= 0.6 is 0 Å². The van der Waals surface area contributed by atoms with Crippen LogP contribution in [0.5, 0.6) is 0 Å². The number of nitrogens with zero attached hydrogens (tertiary/aromatic N) is 2. The normalized spacial score (nSPS) is 23.3. The monoisotopic (exact) mass is 332 g/mol. The largest absolute Gasteiger partial charge is 0.347 e. The number of aryl methyl sites for hydroxylation is 1. The Morgan fingerprint density at radius 2 is 2.04 bits per heavy atom. The van der Waals surface area contributed by atoms with Crippen molar-refractivity contribution < 1.29 is 4.79 Å². The van der Waals surface area contributed by atoms with E-state index in [1.807, 2.05) is 6.92 Å². The Hall–Kier alpha value is -1.36. The van der Waals surface area contributed by atoms with Gasteiger partial charge in [0, 0.05) is 30.4 Å². The van der Waals surface area contributed by atoms with Gasteiger partial charge in [-0.1, -0.05) is 26.2 Å². The molecule has 1 amide bonds. The van der Waals surface area contributed by atoms with Crippen LogP contribution in [-0.2, 0) is 6.42 Å². The Balaban J connectivity index is 1.52. The molecule has 0 bridgehead atoms.